The lowest BCUT2D eigenvalue weighted by molar-refractivity contribution is -0.135. The second kappa shape index (κ2) is 10.6. The number of anilines is 2. The highest BCUT2D eigenvalue weighted by atomic mass is 32.2. The number of piperidine rings is 2. The summed E-state index contributed by atoms with van der Waals surface area (Å²) in [6, 6.07) is 5.10. The molecule has 2 heterocycles. The van der Waals surface area contributed by atoms with E-state index in [9.17, 15) is 18.0 Å². The SMILES string of the molecule is CCN(CC)c1ccc(S(=O)(=O)N2CCCCC2)cc1NC(=O)C1CCN(C(=O)C2CC2)CC1. The van der Waals surface area contributed by atoms with E-state index in [1.807, 2.05) is 24.8 Å². The van der Waals surface area contributed by atoms with Gasteiger partial charge in [-0.05, 0) is 70.6 Å². The molecule has 0 unspecified atom stereocenters. The highest BCUT2D eigenvalue weighted by molar-refractivity contribution is 7.89. The van der Waals surface area contributed by atoms with Crippen molar-refractivity contribution in [1.82, 2.24) is 9.21 Å². The van der Waals surface area contributed by atoms with Crippen molar-refractivity contribution in [2.45, 2.75) is 63.7 Å². The first kappa shape index (κ1) is 25.0. The highest BCUT2D eigenvalue weighted by Crippen LogP contribution is 2.34. The summed E-state index contributed by atoms with van der Waals surface area (Å²) >= 11 is 0. The lowest BCUT2D eigenvalue weighted by Gasteiger charge is -2.32. The second-order valence-corrected chi connectivity index (χ2v) is 11.6. The van der Waals surface area contributed by atoms with Gasteiger partial charge in [0.15, 0.2) is 0 Å². The van der Waals surface area contributed by atoms with Crippen molar-refractivity contribution in [2.24, 2.45) is 11.8 Å². The smallest absolute Gasteiger partial charge is 0.243 e. The van der Waals surface area contributed by atoms with E-state index in [0.717, 1.165) is 50.9 Å². The molecule has 1 aromatic carbocycles. The zero-order valence-corrected chi connectivity index (χ0v) is 21.3. The van der Waals surface area contributed by atoms with Gasteiger partial charge in [-0.2, -0.15) is 4.31 Å². The summed E-state index contributed by atoms with van der Waals surface area (Å²) in [6.45, 7) is 7.89. The molecule has 3 aliphatic rings. The Kier molecular flexibility index (Phi) is 7.82. The molecule has 0 aromatic heterocycles. The van der Waals surface area contributed by atoms with E-state index in [-0.39, 0.29) is 28.5 Å². The van der Waals surface area contributed by atoms with Gasteiger partial charge in [-0.1, -0.05) is 6.42 Å². The largest absolute Gasteiger partial charge is 0.370 e. The third-order valence-corrected chi connectivity index (χ3v) is 9.28. The van der Waals surface area contributed by atoms with Crippen molar-refractivity contribution in [3.8, 4) is 0 Å². The van der Waals surface area contributed by atoms with E-state index in [2.05, 4.69) is 10.2 Å². The molecule has 0 atom stereocenters. The van der Waals surface area contributed by atoms with Gasteiger partial charge in [-0.3, -0.25) is 9.59 Å². The Balaban J connectivity index is 1.52. The molecule has 34 heavy (non-hydrogen) atoms. The molecule has 2 amide bonds. The van der Waals surface area contributed by atoms with Crippen molar-refractivity contribution in [3.05, 3.63) is 18.2 Å². The Morgan fingerprint density at radius 1 is 0.941 bits per heavy atom. The fourth-order valence-corrected chi connectivity index (χ4v) is 6.60. The zero-order valence-electron chi connectivity index (χ0n) is 20.5. The minimum atomic E-state index is -3.60. The predicted molar refractivity (Wildman–Crippen MR) is 133 cm³/mol. The summed E-state index contributed by atoms with van der Waals surface area (Å²) < 4.78 is 28.1. The number of nitrogens with zero attached hydrogens (tertiary/aromatic N) is 3. The summed E-state index contributed by atoms with van der Waals surface area (Å²) in [6.07, 6.45) is 6.06. The predicted octanol–water partition coefficient (Wildman–Crippen LogP) is 3.29. The van der Waals surface area contributed by atoms with Crippen LogP contribution in [0.3, 0.4) is 0 Å². The summed E-state index contributed by atoms with van der Waals surface area (Å²) in [7, 11) is -3.60. The van der Waals surface area contributed by atoms with Crippen molar-refractivity contribution < 1.29 is 18.0 Å². The maximum Gasteiger partial charge on any atom is 0.243 e. The zero-order chi connectivity index (χ0) is 24.3. The number of likely N-dealkylation sites (tertiary alicyclic amines) is 1. The number of nitrogens with one attached hydrogen (secondary N) is 1. The van der Waals surface area contributed by atoms with Crippen LogP contribution in [-0.4, -0.2) is 68.7 Å². The first-order chi connectivity index (χ1) is 16.3. The first-order valence-corrected chi connectivity index (χ1v) is 14.3. The van der Waals surface area contributed by atoms with Gasteiger partial charge in [0.25, 0.3) is 0 Å². The van der Waals surface area contributed by atoms with Crippen LogP contribution in [-0.2, 0) is 19.6 Å². The van der Waals surface area contributed by atoms with Crippen LogP contribution in [0.25, 0.3) is 0 Å². The van der Waals surface area contributed by atoms with Crippen LogP contribution in [0, 0.1) is 11.8 Å². The van der Waals surface area contributed by atoms with Crippen LogP contribution in [0.2, 0.25) is 0 Å². The quantitative estimate of drug-likeness (QED) is 0.604. The molecule has 2 saturated heterocycles. The van der Waals surface area contributed by atoms with E-state index in [1.165, 1.54) is 0 Å². The lowest BCUT2D eigenvalue weighted by atomic mass is 9.95. The summed E-state index contributed by atoms with van der Waals surface area (Å²) in [5.74, 6) is 0.152. The Morgan fingerprint density at radius 2 is 1.59 bits per heavy atom. The van der Waals surface area contributed by atoms with E-state index in [1.54, 1.807) is 16.4 Å². The maximum absolute atomic E-state index is 13.3. The number of hydrogen-bond donors (Lipinski definition) is 1. The Bertz CT molecular complexity index is 990. The summed E-state index contributed by atoms with van der Waals surface area (Å²) in [5.41, 5.74) is 1.38. The normalized spacial score (nSPS) is 20.2. The number of rotatable bonds is 8. The molecule has 1 aromatic rings. The fraction of sp³-hybridized carbons (Fsp3) is 0.680. The standard InChI is InChI=1S/C25H38N4O4S/c1-3-27(4-2)23-11-10-21(34(32,33)29-14-6-5-7-15-29)18-22(23)26-24(30)19-12-16-28(17-13-19)25(31)20-8-9-20/h10-11,18-20H,3-9,12-17H2,1-2H3,(H,26,30). The lowest BCUT2D eigenvalue weighted by Crippen LogP contribution is -2.42. The Morgan fingerprint density at radius 3 is 2.18 bits per heavy atom. The van der Waals surface area contributed by atoms with Crippen molar-refractivity contribution in [2.75, 3.05) is 49.5 Å². The first-order valence-electron chi connectivity index (χ1n) is 12.8. The van der Waals surface area contributed by atoms with Crippen LogP contribution < -0.4 is 10.2 Å². The minimum absolute atomic E-state index is 0.0977. The van der Waals surface area contributed by atoms with Crippen LogP contribution in [0.5, 0.6) is 0 Å². The fourth-order valence-electron chi connectivity index (χ4n) is 5.06. The Hall–Kier alpha value is -2.13. The molecule has 3 fully saturated rings. The third kappa shape index (κ3) is 5.40. The topological polar surface area (TPSA) is 90.0 Å². The molecule has 4 rings (SSSR count). The second-order valence-electron chi connectivity index (χ2n) is 9.68. The molecular weight excluding hydrogens is 452 g/mol. The molecule has 1 N–H and O–H groups in total. The maximum atomic E-state index is 13.3. The van der Waals surface area contributed by atoms with Crippen LogP contribution in [0.1, 0.15) is 58.8 Å². The number of benzene rings is 1. The number of carbonyl (C=O) groups is 2. The number of carbonyl (C=O) groups excluding carboxylic acids is 2. The third-order valence-electron chi connectivity index (χ3n) is 7.39. The van der Waals surface area contributed by atoms with Gasteiger partial charge in [0.1, 0.15) is 0 Å². The molecule has 188 valence electrons. The van der Waals surface area contributed by atoms with Gasteiger partial charge in [-0.15, -0.1) is 0 Å². The van der Waals surface area contributed by atoms with E-state index < -0.39 is 10.0 Å². The van der Waals surface area contributed by atoms with Crippen LogP contribution in [0.15, 0.2) is 23.1 Å². The number of sulfonamides is 1. The van der Waals surface area contributed by atoms with Gasteiger partial charge in [0.05, 0.1) is 16.3 Å². The van der Waals surface area contributed by atoms with Crippen LogP contribution in [0.4, 0.5) is 11.4 Å². The molecule has 8 nitrogen and oxygen atoms in total. The minimum Gasteiger partial charge on any atom is -0.370 e. The highest BCUT2D eigenvalue weighted by Gasteiger charge is 2.36. The van der Waals surface area contributed by atoms with Crippen molar-refractivity contribution in [1.29, 1.82) is 0 Å². The van der Waals surface area contributed by atoms with Crippen LogP contribution >= 0.6 is 0 Å². The number of hydrogen-bond acceptors (Lipinski definition) is 5. The molecule has 9 heteroatoms. The summed E-state index contributed by atoms with van der Waals surface area (Å²) in [4.78, 5) is 29.8. The molecular formula is C25H38N4O4S. The Labute approximate surface area is 203 Å². The van der Waals surface area contributed by atoms with Crippen molar-refractivity contribution >= 4 is 33.2 Å². The molecule has 1 aliphatic carbocycles. The van der Waals surface area contributed by atoms with E-state index in [4.69, 9.17) is 0 Å². The van der Waals surface area contributed by atoms with E-state index >= 15 is 0 Å². The van der Waals surface area contributed by atoms with Gasteiger partial charge < -0.3 is 15.1 Å². The van der Waals surface area contributed by atoms with Gasteiger partial charge >= 0.3 is 0 Å². The van der Waals surface area contributed by atoms with Gasteiger partial charge in [0, 0.05) is 51.1 Å². The molecule has 1 saturated carbocycles. The van der Waals surface area contributed by atoms with Gasteiger partial charge in [0.2, 0.25) is 21.8 Å². The number of amides is 2. The molecule has 2 aliphatic heterocycles. The molecule has 0 bridgehead atoms. The van der Waals surface area contributed by atoms with E-state index in [0.29, 0.717) is 44.7 Å². The monoisotopic (exact) mass is 490 g/mol. The molecule has 0 spiro atoms. The van der Waals surface area contributed by atoms with Gasteiger partial charge in [-0.25, -0.2) is 8.42 Å². The molecule has 0 radical (unpaired) electrons. The average Bonchev–Trinajstić information content (AvgIpc) is 3.71. The summed E-state index contributed by atoms with van der Waals surface area (Å²) in [5, 5.41) is 3.06. The average molecular weight is 491 g/mol. The van der Waals surface area contributed by atoms with Crippen molar-refractivity contribution in [3.63, 3.8) is 0 Å².